The number of anilines is 2. The predicted octanol–water partition coefficient (Wildman–Crippen LogP) is 5.53. The van der Waals surface area contributed by atoms with Gasteiger partial charge in [0.2, 0.25) is 0 Å². The first kappa shape index (κ1) is 26.5. The lowest BCUT2D eigenvalue weighted by atomic mass is 9.93. The summed E-state index contributed by atoms with van der Waals surface area (Å²) in [7, 11) is 0. The van der Waals surface area contributed by atoms with E-state index in [2.05, 4.69) is 46.7 Å². The summed E-state index contributed by atoms with van der Waals surface area (Å²) in [6.07, 6.45) is 1.86. The van der Waals surface area contributed by atoms with Gasteiger partial charge < -0.3 is 15.7 Å². The molecule has 1 saturated heterocycles. The zero-order valence-electron chi connectivity index (χ0n) is 21.1. The molecule has 2 aliphatic heterocycles. The maximum absolute atomic E-state index is 13.7. The summed E-state index contributed by atoms with van der Waals surface area (Å²) < 4.78 is 0. The van der Waals surface area contributed by atoms with Crippen LogP contribution < -0.4 is 15.5 Å². The zero-order valence-corrected chi connectivity index (χ0v) is 22.6. The lowest BCUT2D eigenvalue weighted by Crippen LogP contribution is -2.63. The number of para-hydroxylation sites is 1. The smallest absolute Gasteiger partial charge is 0.329 e. The molecule has 3 amide bonds. The number of aliphatic hydroxyl groups is 1. The fraction of sp³-hybridized carbons (Fsp3) is 0.310. The number of rotatable bonds is 6. The lowest BCUT2D eigenvalue weighted by molar-refractivity contribution is -0.140. The highest BCUT2D eigenvalue weighted by atomic mass is 35.5. The van der Waals surface area contributed by atoms with E-state index in [0.29, 0.717) is 17.3 Å². The largest absolute Gasteiger partial charge is 0.359 e. The average Bonchev–Trinajstić information content (AvgIpc) is 2.91. The SMILES string of the molecule is Cc1ccc(CN2CCC(CNC(=O)C3(O)c4ccccc4NC(=O)N3c3ccc(Cl)c(Cl)c3)CC2)cc1. The predicted molar refractivity (Wildman–Crippen MR) is 150 cm³/mol. The minimum atomic E-state index is -2.28. The number of urea groups is 1. The summed E-state index contributed by atoms with van der Waals surface area (Å²) >= 11 is 12.3. The van der Waals surface area contributed by atoms with E-state index < -0.39 is 17.7 Å². The van der Waals surface area contributed by atoms with Gasteiger partial charge in [0.25, 0.3) is 11.6 Å². The molecule has 0 bridgehead atoms. The number of hydrogen-bond acceptors (Lipinski definition) is 4. The summed E-state index contributed by atoms with van der Waals surface area (Å²) in [6, 6.07) is 19.2. The molecule has 198 valence electrons. The molecule has 1 atom stereocenters. The van der Waals surface area contributed by atoms with Crippen molar-refractivity contribution in [2.75, 3.05) is 29.9 Å². The van der Waals surface area contributed by atoms with Crippen molar-refractivity contribution in [3.05, 3.63) is 93.5 Å². The summed E-state index contributed by atoms with van der Waals surface area (Å²) in [4.78, 5) is 30.3. The van der Waals surface area contributed by atoms with E-state index in [9.17, 15) is 14.7 Å². The van der Waals surface area contributed by atoms with Crippen LogP contribution in [0.15, 0.2) is 66.7 Å². The van der Waals surface area contributed by atoms with E-state index in [-0.39, 0.29) is 22.2 Å². The van der Waals surface area contributed by atoms with Gasteiger partial charge in [-0.25, -0.2) is 4.79 Å². The number of aryl methyl sites for hydroxylation is 1. The van der Waals surface area contributed by atoms with E-state index >= 15 is 0 Å². The third kappa shape index (κ3) is 5.24. The molecule has 2 heterocycles. The van der Waals surface area contributed by atoms with E-state index in [1.54, 1.807) is 30.3 Å². The number of piperidine rings is 1. The van der Waals surface area contributed by atoms with E-state index in [1.165, 1.54) is 23.3 Å². The average molecular weight is 553 g/mol. The molecular formula is C29H30Cl2N4O3. The van der Waals surface area contributed by atoms with Crippen LogP contribution in [0.1, 0.15) is 29.5 Å². The minimum absolute atomic E-state index is 0.205. The molecule has 7 nitrogen and oxygen atoms in total. The van der Waals surface area contributed by atoms with Gasteiger partial charge in [-0.2, -0.15) is 0 Å². The maximum atomic E-state index is 13.7. The molecule has 0 aliphatic carbocycles. The van der Waals surface area contributed by atoms with Crippen molar-refractivity contribution in [1.82, 2.24) is 10.2 Å². The molecule has 38 heavy (non-hydrogen) atoms. The number of halogens is 2. The monoisotopic (exact) mass is 552 g/mol. The lowest BCUT2D eigenvalue weighted by Gasteiger charge is -2.43. The molecule has 3 aromatic rings. The Hall–Kier alpha value is -3.10. The van der Waals surface area contributed by atoms with E-state index in [4.69, 9.17) is 23.2 Å². The maximum Gasteiger partial charge on any atom is 0.329 e. The van der Waals surface area contributed by atoms with Gasteiger partial charge >= 0.3 is 6.03 Å². The topological polar surface area (TPSA) is 84.9 Å². The van der Waals surface area contributed by atoms with E-state index in [0.717, 1.165) is 37.4 Å². The van der Waals surface area contributed by atoms with Crippen molar-refractivity contribution in [3.63, 3.8) is 0 Å². The van der Waals surface area contributed by atoms with Crippen LogP contribution in [0.3, 0.4) is 0 Å². The number of fused-ring (bicyclic) bond motifs is 1. The summed E-state index contributed by atoms with van der Waals surface area (Å²) in [6.45, 7) is 5.25. The molecule has 0 radical (unpaired) electrons. The Morgan fingerprint density at radius 3 is 2.47 bits per heavy atom. The number of carbonyl (C=O) groups excluding carboxylic acids is 2. The molecule has 3 N–H and O–H groups in total. The zero-order chi connectivity index (χ0) is 26.9. The number of nitrogens with one attached hydrogen (secondary N) is 2. The van der Waals surface area contributed by atoms with Crippen LogP contribution in [0.25, 0.3) is 0 Å². The molecule has 1 unspecified atom stereocenters. The number of nitrogens with zero attached hydrogens (tertiary/aromatic N) is 2. The number of carbonyl (C=O) groups is 2. The Balaban J connectivity index is 1.30. The Kier molecular flexibility index (Phi) is 7.63. The van der Waals surface area contributed by atoms with E-state index in [1.807, 2.05) is 0 Å². The normalized spacial score (nSPS) is 20.1. The molecule has 5 rings (SSSR count). The first-order chi connectivity index (χ1) is 18.3. The highest BCUT2D eigenvalue weighted by Gasteiger charge is 2.52. The van der Waals surface area contributed by atoms with Gasteiger partial charge in [0.1, 0.15) is 0 Å². The number of amides is 3. The fourth-order valence-corrected chi connectivity index (χ4v) is 5.44. The van der Waals surface area contributed by atoms with Crippen molar-refractivity contribution >= 4 is 46.5 Å². The Labute approximate surface area is 232 Å². The van der Waals surface area contributed by atoms with Gasteiger partial charge in [0.05, 0.1) is 21.4 Å². The highest BCUT2D eigenvalue weighted by Crippen LogP contribution is 2.41. The highest BCUT2D eigenvalue weighted by molar-refractivity contribution is 6.42. The van der Waals surface area contributed by atoms with Crippen LogP contribution in [-0.4, -0.2) is 41.6 Å². The van der Waals surface area contributed by atoms with Crippen LogP contribution in [0, 0.1) is 12.8 Å². The second-order valence-corrected chi connectivity index (χ2v) is 10.8. The van der Waals surface area contributed by atoms with Crippen LogP contribution in [0.4, 0.5) is 16.2 Å². The standard InChI is InChI=1S/C29H30Cl2N4O3/c1-19-6-8-21(9-7-19)18-34-14-12-20(13-15-34)17-32-27(36)29(38)23-4-2-3-5-26(23)33-28(37)35(29)22-10-11-24(30)25(31)16-22/h2-11,16,20,38H,12-15,17-18H2,1H3,(H,32,36)(H,33,37). The van der Waals surface area contributed by atoms with Gasteiger partial charge in [0, 0.05) is 18.7 Å². The van der Waals surface area contributed by atoms with Gasteiger partial charge in [0.15, 0.2) is 0 Å². The molecule has 9 heteroatoms. The number of benzene rings is 3. The third-order valence-electron chi connectivity index (χ3n) is 7.33. The third-order valence-corrected chi connectivity index (χ3v) is 8.07. The molecule has 0 aromatic heterocycles. The van der Waals surface area contributed by atoms with Crippen molar-refractivity contribution in [3.8, 4) is 0 Å². The van der Waals surface area contributed by atoms with Crippen LogP contribution in [0.2, 0.25) is 10.0 Å². The first-order valence-corrected chi connectivity index (χ1v) is 13.5. The van der Waals surface area contributed by atoms with Gasteiger partial charge in [-0.15, -0.1) is 0 Å². The molecular weight excluding hydrogens is 523 g/mol. The second-order valence-electron chi connectivity index (χ2n) is 10.00. The molecule has 2 aliphatic rings. The molecule has 1 fully saturated rings. The Bertz CT molecular complexity index is 1340. The molecule has 0 spiro atoms. The number of likely N-dealkylation sites (tertiary alicyclic amines) is 1. The van der Waals surface area contributed by atoms with Gasteiger partial charge in [-0.05, 0) is 68.6 Å². The minimum Gasteiger partial charge on any atom is -0.359 e. The van der Waals surface area contributed by atoms with Gasteiger partial charge in [-0.3, -0.25) is 14.6 Å². The molecule has 0 saturated carbocycles. The van der Waals surface area contributed by atoms with Crippen molar-refractivity contribution in [2.24, 2.45) is 5.92 Å². The quantitative estimate of drug-likeness (QED) is 0.375. The summed E-state index contributed by atoms with van der Waals surface area (Å²) in [5.74, 6) is -0.407. The summed E-state index contributed by atoms with van der Waals surface area (Å²) in [5.41, 5.74) is 1.16. The van der Waals surface area contributed by atoms with Gasteiger partial charge in [-0.1, -0.05) is 71.2 Å². The van der Waals surface area contributed by atoms with Crippen LogP contribution in [0.5, 0.6) is 0 Å². The number of hydrogen-bond donors (Lipinski definition) is 3. The Morgan fingerprint density at radius 2 is 1.76 bits per heavy atom. The second kappa shape index (κ2) is 10.9. The summed E-state index contributed by atoms with van der Waals surface area (Å²) in [5, 5.41) is 18.1. The molecule has 3 aromatic carbocycles. The fourth-order valence-electron chi connectivity index (χ4n) is 5.15. The van der Waals surface area contributed by atoms with Crippen molar-refractivity contribution in [1.29, 1.82) is 0 Å². The van der Waals surface area contributed by atoms with Crippen molar-refractivity contribution < 1.29 is 14.7 Å². The van der Waals surface area contributed by atoms with Crippen LogP contribution in [-0.2, 0) is 17.1 Å². The van der Waals surface area contributed by atoms with Crippen LogP contribution >= 0.6 is 23.2 Å². The first-order valence-electron chi connectivity index (χ1n) is 12.7. The Morgan fingerprint density at radius 1 is 1.05 bits per heavy atom. The van der Waals surface area contributed by atoms with Crippen molar-refractivity contribution in [2.45, 2.75) is 32.0 Å².